The Labute approximate surface area is 136 Å². The lowest BCUT2D eigenvalue weighted by Gasteiger charge is -2.32. The summed E-state index contributed by atoms with van der Waals surface area (Å²) in [5.74, 6) is -0.263. The SMILES string of the molecule is Cc1cc(CNC(=O)N2CCC(NS(C)(=O)=O)CC2)ccc1F. The van der Waals surface area contributed by atoms with E-state index < -0.39 is 10.0 Å². The number of amides is 2. The maximum absolute atomic E-state index is 13.2. The van der Waals surface area contributed by atoms with Crippen molar-refractivity contribution in [1.82, 2.24) is 14.9 Å². The molecule has 1 heterocycles. The fourth-order valence-electron chi connectivity index (χ4n) is 2.61. The average Bonchev–Trinajstić information content (AvgIpc) is 2.47. The van der Waals surface area contributed by atoms with Gasteiger partial charge in [0.1, 0.15) is 5.82 Å². The van der Waals surface area contributed by atoms with Crippen LogP contribution < -0.4 is 10.0 Å². The van der Waals surface area contributed by atoms with E-state index in [0.29, 0.717) is 38.0 Å². The van der Waals surface area contributed by atoms with Crippen molar-refractivity contribution in [3.63, 3.8) is 0 Å². The number of likely N-dealkylation sites (tertiary alicyclic amines) is 1. The standard InChI is InChI=1S/C15H22FN3O3S/c1-11-9-12(3-4-14(11)16)10-17-15(20)19-7-5-13(6-8-19)18-23(2,21)22/h3-4,9,13,18H,5-8,10H2,1-2H3,(H,17,20). The lowest BCUT2D eigenvalue weighted by atomic mass is 10.1. The minimum Gasteiger partial charge on any atom is -0.334 e. The van der Waals surface area contributed by atoms with Gasteiger partial charge >= 0.3 is 6.03 Å². The smallest absolute Gasteiger partial charge is 0.317 e. The van der Waals surface area contributed by atoms with Crippen LogP contribution in [0.25, 0.3) is 0 Å². The number of sulfonamides is 1. The third kappa shape index (κ3) is 5.47. The van der Waals surface area contributed by atoms with E-state index in [1.807, 2.05) is 0 Å². The first-order valence-electron chi connectivity index (χ1n) is 7.50. The first kappa shape index (κ1) is 17.7. The number of urea groups is 1. The van der Waals surface area contributed by atoms with Gasteiger partial charge in [0.05, 0.1) is 6.26 Å². The maximum Gasteiger partial charge on any atom is 0.317 e. The van der Waals surface area contributed by atoms with E-state index in [1.54, 1.807) is 24.0 Å². The molecular weight excluding hydrogens is 321 g/mol. The quantitative estimate of drug-likeness (QED) is 0.866. The van der Waals surface area contributed by atoms with Crippen molar-refractivity contribution in [3.8, 4) is 0 Å². The van der Waals surface area contributed by atoms with Crippen molar-refractivity contribution in [3.05, 3.63) is 35.1 Å². The molecule has 0 atom stereocenters. The number of aryl methyl sites for hydroxylation is 1. The van der Waals surface area contributed by atoms with Crippen molar-refractivity contribution in [2.24, 2.45) is 0 Å². The molecule has 2 amide bonds. The predicted molar refractivity (Wildman–Crippen MR) is 85.9 cm³/mol. The molecule has 1 saturated heterocycles. The minimum atomic E-state index is -3.22. The molecule has 1 aliphatic rings. The van der Waals surface area contributed by atoms with Crippen molar-refractivity contribution in [2.75, 3.05) is 19.3 Å². The second-order valence-electron chi connectivity index (χ2n) is 5.89. The maximum atomic E-state index is 13.2. The molecule has 0 aliphatic carbocycles. The molecule has 0 bridgehead atoms. The van der Waals surface area contributed by atoms with Crippen LogP contribution in [0.5, 0.6) is 0 Å². The Kier molecular flexibility index (Phi) is 5.59. The van der Waals surface area contributed by atoms with E-state index in [4.69, 9.17) is 0 Å². The van der Waals surface area contributed by atoms with Crippen molar-refractivity contribution in [1.29, 1.82) is 0 Å². The monoisotopic (exact) mass is 343 g/mol. The first-order chi connectivity index (χ1) is 10.7. The van der Waals surface area contributed by atoms with Gasteiger partial charge in [0, 0.05) is 25.7 Å². The van der Waals surface area contributed by atoms with Crippen molar-refractivity contribution >= 4 is 16.1 Å². The van der Waals surface area contributed by atoms with Crippen LogP contribution in [0.1, 0.15) is 24.0 Å². The number of hydrogen-bond acceptors (Lipinski definition) is 3. The molecule has 1 aromatic carbocycles. The highest BCUT2D eigenvalue weighted by atomic mass is 32.2. The summed E-state index contributed by atoms with van der Waals surface area (Å²) in [7, 11) is -3.22. The molecule has 0 spiro atoms. The van der Waals surface area contributed by atoms with E-state index in [1.165, 1.54) is 6.07 Å². The molecule has 0 radical (unpaired) electrons. The lowest BCUT2D eigenvalue weighted by molar-refractivity contribution is 0.179. The molecule has 23 heavy (non-hydrogen) atoms. The van der Waals surface area contributed by atoms with Crippen LogP contribution in [0.3, 0.4) is 0 Å². The second kappa shape index (κ2) is 7.27. The highest BCUT2D eigenvalue weighted by Gasteiger charge is 2.24. The Morgan fingerprint density at radius 3 is 2.57 bits per heavy atom. The number of piperidine rings is 1. The summed E-state index contributed by atoms with van der Waals surface area (Å²) in [4.78, 5) is 13.8. The second-order valence-corrected chi connectivity index (χ2v) is 7.67. The van der Waals surface area contributed by atoms with Gasteiger partial charge in [0.2, 0.25) is 10.0 Å². The molecule has 0 aromatic heterocycles. The van der Waals surface area contributed by atoms with Crippen LogP contribution in [0.15, 0.2) is 18.2 Å². The van der Waals surface area contributed by atoms with Gasteiger partial charge in [-0.3, -0.25) is 0 Å². The number of nitrogens with zero attached hydrogens (tertiary/aromatic N) is 1. The van der Waals surface area contributed by atoms with Crippen molar-refractivity contribution in [2.45, 2.75) is 32.4 Å². The Balaban J connectivity index is 1.80. The summed E-state index contributed by atoms with van der Waals surface area (Å²) < 4.78 is 38.2. The average molecular weight is 343 g/mol. The molecule has 2 N–H and O–H groups in total. The minimum absolute atomic E-state index is 0.117. The summed E-state index contributed by atoms with van der Waals surface area (Å²) in [5, 5.41) is 2.80. The van der Waals surface area contributed by atoms with E-state index in [2.05, 4.69) is 10.0 Å². The van der Waals surface area contributed by atoms with Gasteiger partial charge in [-0.05, 0) is 37.0 Å². The van der Waals surface area contributed by atoms with Crippen LogP contribution in [0.4, 0.5) is 9.18 Å². The number of benzene rings is 1. The van der Waals surface area contributed by atoms with Crippen LogP contribution in [0, 0.1) is 12.7 Å². The zero-order chi connectivity index (χ0) is 17.0. The molecule has 0 unspecified atom stereocenters. The highest BCUT2D eigenvalue weighted by molar-refractivity contribution is 7.88. The number of hydrogen-bond donors (Lipinski definition) is 2. The molecule has 1 aliphatic heterocycles. The summed E-state index contributed by atoms with van der Waals surface area (Å²) in [6.07, 6.45) is 2.32. The van der Waals surface area contributed by atoms with Gasteiger partial charge in [-0.1, -0.05) is 12.1 Å². The van der Waals surface area contributed by atoms with Crippen LogP contribution in [-0.2, 0) is 16.6 Å². The van der Waals surface area contributed by atoms with Gasteiger partial charge in [0.25, 0.3) is 0 Å². The van der Waals surface area contributed by atoms with Gasteiger partial charge in [-0.25, -0.2) is 22.3 Å². The Bertz CT molecular complexity index is 671. The molecule has 2 rings (SSSR count). The Morgan fingerprint density at radius 1 is 1.35 bits per heavy atom. The largest absolute Gasteiger partial charge is 0.334 e. The number of halogens is 1. The molecular formula is C15H22FN3O3S. The predicted octanol–water partition coefficient (Wildman–Crippen LogP) is 1.36. The highest BCUT2D eigenvalue weighted by Crippen LogP contribution is 2.12. The third-order valence-corrected chi connectivity index (χ3v) is 4.59. The van der Waals surface area contributed by atoms with E-state index in [9.17, 15) is 17.6 Å². The molecule has 128 valence electrons. The zero-order valence-electron chi connectivity index (χ0n) is 13.3. The fraction of sp³-hybridized carbons (Fsp3) is 0.533. The number of rotatable bonds is 4. The molecule has 0 saturated carbocycles. The van der Waals surface area contributed by atoms with Gasteiger partial charge in [0.15, 0.2) is 0 Å². The number of carbonyl (C=O) groups is 1. The summed E-state index contributed by atoms with van der Waals surface area (Å²) in [6, 6.07) is 4.43. The topological polar surface area (TPSA) is 78.5 Å². The third-order valence-electron chi connectivity index (χ3n) is 3.83. The number of carbonyl (C=O) groups excluding carboxylic acids is 1. The van der Waals surface area contributed by atoms with E-state index >= 15 is 0 Å². The van der Waals surface area contributed by atoms with Gasteiger partial charge in [-0.15, -0.1) is 0 Å². The van der Waals surface area contributed by atoms with Crippen LogP contribution >= 0.6 is 0 Å². The summed E-state index contributed by atoms with van der Waals surface area (Å²) in [6.45, 7) is 3.02. The van der Waals surface area contributed by atoms with Crippen LogP contribution in [-0.4, -0.2) is 44.7 Å². The first-order valence-corrected chi connectivity index (χ1v) is 9.39. The lowest BCUT2D eigenvalue weighted by Crippen LogP contribution is -2.49. The van der Waals surface area contributed by atoms with Crippen LogP contribution in [0.2, 0.25) is 0 Å². The Morgan fingerprint density at radius 2 is 2.00 bits per heavy atom. The van der Waals surface area contributed by atoms with Crippen molar-refractivity contribution < 1.29 is 17.6 Å². The fourth-order valence-corrected chi connectivity index (χ4v) is 3.45. The number of nitrogens with one attached hydrogen (secondary N) is 2. The molecule has 1 aromatic rings. The Hall–Kier alpha value is -1.67. The molecule has 1 fully saturated rings. The molecule has 8 heteroatoms. The molecule has 6 nitrogen and oxygen atoms in total. The van der Waals surface area contributed by atoms with Gasteiger partial charge in [-0.2, -0.15) is 0 Å². The van der Waals surface area contributed by atoms with E-state index in [0.717, 1.165) is 11.8 Å². The summed E-state index contributed by atoms with van der Waals surface area (Å²) in [5.41, 5.74) is 1.38. The normalized spacial score (nSPS) is 16.4. The summed E-state index contributed by atoms with van der Waals surface area (Å²) >= 11 is 0. The zero-order valence-corrected chi connectivity index (χ0v) is 14.1. The van der Waals surface area contributed by atoms with Gasteiger partial charge < -0.3 is 10.2 Å². The van der Waals surface area contributed by atoms with E-state index in [-0.39, 0.29) is 17.9 Å².